The normalized spacial score (nSPS) is 11.5. The fraction of sp³-hybridized carbons (Fsp3) is 0.208. The summed E-state index contributed by atoms with van der Waals surface area (Å²) in [6.07, 6.45) is 0. The molecule has 0 heterocycles. The minimum atomic E-state index is -3.89. The van der Waals surface area contributed by atoms with Crippen LogP contribution in [0.3, 0.4) is 0 Å². The van der Waals surface area contributed by atoms with Gasteiger partial charge in [0.15, 0.2) is 0 Å². The van der Waals surface area contributed by atoms with E-state index in [9.17, 15) is 13.2 Å². The van der Waals surface area contributed by atoms with Gasteiger partial charge in [-0.05, 0) is 42.3 Å². The van der Waals surface area contributed by atoms with Gasteiger partial charge in [-0.15, -0.1) is 0 Å². The van der Waals surface area contributed by atoms with Crippen molar-refractivity contribution in [2.75, 3.05) is 13.6 Å². The van der Waals surface area contributed by atoms with Crippen LogP contribution in [0, 0.1) is 6.92 Å². The third kappa shape index (κ3) is 6.17. The van der Waals surface area contributed by atoms with Gasteiger partial charge in [-0.2, -0.15) is 4.31 Å². The largest absolute Gasteiger partial charge is 0.340 e. The van der Waals surface area contributed by atoms with E-state index in [1.54, 1.807) is 55.6 Å². The number of nitrogens with zero attached hydrogens (tertiary/aromatic N) is 2. The summed E-state index contributed by atoms with van der Waals surface area (Å²) >= 11 is 6.08. The van der Waals surface area contributed by atoms with Gasteiger partial charge in [-0.25, -0.2) is 8.42 Å². The van der Waals surface area contributed by atoms with Crippen LogP contribution in [0.2, 0.25) is 5.02 Å². The highest BCUT2D eigenvalue weighted by atomic mass is 35.5. The zero-order chi connectivity index (χ0) is 22.4. The molecule has 3 aromatic rings. The van der Waals surface area contributed by atoms with E-state index >= 15 is 0 Å². The molecule has 0 aliphatic carbocycles. The molecule has 31 heavy (non-hydrogen) atoms. The van der Waals surface area contributed by atoms with Crippen LogP contribution in [-0.4, -0.2) is 37.1 Å². The van der Waals surface area contributed by atoms with Crippen molar-refractivity contribution >= 4 is 27.5 Å². The van der Waals surface area contributed by atoms with E-state index in [0.717, 1.165) is 11.1 Å². The molecular formula is C24H25ClN2O3S. The molecule has 0 atom stereocenters. The van der Waals surface area contributed by atoms with E-state index in [0.29, 0.717) is 17.1 Å². The third-order valence-corrected chi connectivity index (χ3v) is 6.95. The molecule has 0 unspecified atom stereocenters. The first-order valence-corrected chi connectivity index (χ1v) is 11.7. The highest BCUT2D eigenvalue weighted by Gasteiger charge is 2.28. The third-order valence-electron chi connectivity index (χ3n) is 4.91. The summed E-state index contributed by atoms with van der Waals surface area (Å²) in [4.78, 5) is 14.6. The van der Waals surface area contributed by atoms with E-state index in [4.69, 9.17) is 11.6 Å². The number of hydrogen-bond donors (Lipinski definition) is 0. The van der Waals surface area contributed by atoms with Crippen molar-refractivity contribution in [3.8, 4) is 0 Å². The highest BCUT2D eigenvalue weighted by molar-refractivity contribution is 7.89. The van der Waals surface area contributed by atoms with Crippen LogP contribution >= 0.6 is 11.6 Å². The van der Waals surface area contributed by atoms with Gasteiger partial charge in [-0.3, -0.25) is 4.79 Å². The smallest absolute Gasteiger partial charge is 0.243 e. The Hall–Kier alpha value is -2.67. The van der Waals surface area contributed by atoms with Crippen molar-refractivity contribution in [1.29, 1.82) is 0 Å². The second kappa shape index (κ2) is 10.1. The molecule has 3 aromatic carbocycles. The zero-order valence-electron chi connectivity index (χ0n) is 17.5. The first-order valence-electron chi connectivity index (χ1n) is 9.85. The van der Waals surface area contributed by atoms with Gasteiger partial charge in [0.1, 0.15) is 0 Å². The van der Waals surface area contributed by atoms with Crippen LogP contribution in [0.4, 0.5) is 0 Å². The summed E-state index contributed by atoms with van der Waals surface area (Å²) in [5, 5.41) is 0.512. The van der Waals surface area contributed by atoms with E-state index in [2.05, 4.69) is 0 Å². The van der Waals surface area contributed by atoms with Gasteiger partial charge in [0.2, 0.25) is 15.9 Å². The molecule has 0 aromatic heterocycles. The molecule has 0 N–H and O–H groups in total. The van der Waals surface area contributed by atoms with Crippen molar-refractivity contribution in [2.45, 2.75) is 24.9 Å². The molecule has 0 saturated carbocycles. The molecule has 7 heteroatoms. The minimum absolute atomic E-state index is 0.0433. The lowest BCUT2D eigenvalue weighted by Gasteiger charge is -2.25. The number of carbonyl (C=O) groups is 1. The molecule has 5 nitrogen and oxygen atoms in total. The number of carbonyl (C=O) groups excluding carboxylic acids is 1. The summed E-state index contributed by atoms with van der Waals surface area (Å²) in [5.74, 6) is -0.290. The number of hydrogen-bond acceptors (Lipinski definition) is 3. The number of likely N-dealkylation sites (N-methyl/N-ethyl adjacent to an activating group) is 1. The maximum Gasteiger partial charge on any atom is 0.243 e. The van der Waals surface area contributed by atoms with Crippen molar-refractivity contribution in [1.82, 2.24) is 9.21 Å². The molecular weight excluding hydrogens is 432 g/mol. The Morgan fingerprint density at radius 2 is 1.52 bits per heavy atom. The Labute approximate surface area is 188 Å². The average Bonchev–Trinajstić information content (AvgIpc) is 2.74. The predicted octanol–water partition coefficient (Wildman–Crippen LogP) is 4.50. The van der Waals surface area contributed by atoms with Crippen LogP contribution in [0.1, 0.15) is 16.7 Å². The molecule has 162 valence electrons. The fourth-order valence-corrected chi connectivity index (χ4v) is 4.73. The van der Waals surface area contributed by atoms with Crippen LogP contribution in [0.5, 0.6) is 0 Å². The second-order valence-electron chi connectivity index (χ2n) is 7.45. The molecule has 1 amide bonds. The first-order chi connectivity index (χ1) is 14.8. The van der Waals surface area contributed by atoms with Gasteiger partial charge in [0.25, 0.3) is 0 Å². The van der Waals surface area contributed by atoms with E-state index in [1.165, 1.54) is 9.21 Å². The Kier molecular flexibility index (Phi) is 7.49. The van der Waals surface area contributed by atoms with E-state index in [1.807, 2.05) is 37.3 Å². The minimum Gasteiger partial charge on any atom is -0.340 e. The molecule has 0 spiro atoms. The van der Waals surface area contributed by atoms with Crippen molar-refractivity contribution < 1.29 is 13.2 Å². The molecule has 0 bridgehead atoms. The van der Waals surface area contributed by atoms with Gasteiger partial charge >= 0.3 is 0 Å². The second-order valence-corrected chi connectivity index (χ2v) is 9.83. The summed E-state index contributed by atoms with van der Waals surface area (Å²) in [6.45, 7) is 2.06. The van der Waals surface area contributed by atoms with Gasteiger partial charge in [0, 0.05) is 25.2 Å². The van der Waals surface area contributed by atoms with Crippen molar-refractivity contribution in [3.63, 3.8) is 0 Å². The molecule has 0 aliphatic heterocycles. The van der Waals surface area contributed by atoms with Crippen LogP contribution in [-0.2, 0) is 27.9 Å². The number of benzene rings is 3. The Morgan fingerprint density at radius 3 is 2.16 bits per heavy atom. The quantitative estimate of drug-likeness (QED) is 0.501. The molecule has 3 rings (SSSR count). The summed E-state index contributed by atoms with van der Waals surface area (Å²) < 4.78 is 27.9. The maximum atomic E-state index is 13.4. The SMILES string of the molecule is Cc1ccc(S(=O)(=O)N(CC(=O)N(C)Cc2ccccc2)Cc2cccc(Cl)c2)cc1. The van der Waals surface area contributed by atoms with Crippen LogP contribution in [0.15, 0.2) is 83.8 Å². The first kappa shape index (κ1) is 23.0. The van der Waals surface area contributed by atoms with Gasteiger partial charge < -0.3 is 4.90 Å². The van der Waals surface area contributed by atoms with Gasteiger partial charge in [-0.1, -0.05) is 71.8 Å². The number of halogens is 1. The van der Waals surface area contributed by atoms with E-state index in [-0.39, 0.29) is 23.9 Å². The summed E-state index contributed by atoms with van der Waals surface area (Å²) in [6, 6.07) is 23.2. The Bertz CT molecular complexity index is 1130. The number of rotatable bonds is 8. The topological polar surface area (TPSA) is 57.7 Å². The van der Waals surface area contributed by atoms with Crippen LogP contribution in [0.25, 0.3) is 0 Å². The average molecular weight is 457 g/mol. The zero-order valence-corrected chi connectivity index (χ0v) is 19.1. The Balaban J connectivity index is 1.86. The molecule has 0 aliphatic rings. The molecule has 0 fully saturated rings. The van der Waals surface area contributed by atoms with Crippen molar-refractivity contribution in [3.05, 3.63) is 101 Å². The summed E-state index contributed by atoms with van der Waals surface area (Å²) in [5.41, 5.74) is 2.64. The summed E-state index contributed by atoms with van der Waals surface area (Å²) in [7, 11) is -2.22. The Morgan fingerprint density at radius 1 is 0.871 bits per heavy atom. The fourth-order valence-electron chi connectivity index (χ4n) is 3.14. The van der Waals surface area contributed by atoms with E-state index < -0.39 is 10.0 Å². The molecule has 0 radical (unpaired) electrons. The van der Waals surface area contributed by atoms with Crippen molar-refractivity contribution in [2.24, 2.45) is 0 Å². The lowest BCUT2D eigenvalue weighted by molar-refractivity contribution is -0.130. The van der Waals surface area contributed by atoms with Crippen LogP contribution < -0.4 is 0 Å². The highest BCUT2D eigenvalue weighted by Crippen LogP contribution is 2.21. The monoisotopic (exact) mass is 456 g/mol. The maximum absolute atomic E-state index is 13.4. The number of aryl methyl sites for hydroxylation is 1. The lowest BCUT2D eigenvalue weighted by Crippen LogP contribution is -2.40. The standard InChI is InChI=1S/C24H25ClN2O3S/c1-19-11-13-23(14-12-19)31(29,30)27(17-21-9-6-10-22(25)15-21)18-24(28)26(2)16-20-7-4-3-5-8-20/h3-15H,16-18H2,1-2H3. The van der Waals surface area contributed by atoms with Gasteiger partial charge in [0.05, 0.1) is 11.4 Å². The molecule has 0 saturated heterocycles. The lowest BCUT2D eigenvalue weighted by atomic mass is 10.2. The predicted molar refractivity (Wildman–Crippen MR) is 123 cm³/mol. The number of sulfonamides is 1. The number of amides is 1.